The zero-order valence-electron chi connectivity index (χ0n) is 12.6. The summed E-state index contributed by atoms with van der Waals surface area (Å²) in [7, 11) is 4.10. The number of aryl methyl sites for hydroxylation is 1. The maximum atomic E-state index is 5.92. The second-order valence-electron chi connectivity index (χ2n) is 5.17. The third-order valence-corrected chi connectivity index (χ3v) is 3.86. The molecule has 0 aliphatic heterocycles. The van der Waals surface area contributed by atoms with Gasteiger partial charge in [0.05, 0.1) is 6.10 Å². The fraction of sp³-hybridized carbons (Fsp3) is 0.500. The minimum absolute atomic E-state index is 0.259. The summed E-state index contributed by atoms with van der Waals surface area (Å²) in [6, 6.07) is 6.39. The van der Waals surface area contributed by atoms with Gasteiger partial charge >= 0.3 is 0 Å². The Kier molecular flexibility index (Phi) is 4.15. The predicted octanol–water partition coefficient (Wildman–Crippen LogP) is 3.38. The number of nitrogens with one attached hydrogen (secondary N) is 1. The van der Waals surface area contributed by atoms with Gasteiger partial charge in [-0.25, -0.2) is 0 Å². The standard InChI is InChI=1S/C16H24N2O/c1-6-11(2)19-13-7-8-16-14(9-13)15(10-17-4)12(3)18(16)5/h7-9,11,17H,6,10H2,1-5H3/t11-/m1/s1. The molecule has 3 heteroatoms. The van der Waals surface area contributed by atoms with Gasteiger partial charge in [-0.15, -0.1) is 0 Å². The van der Waals surface area contributed by atoms with Crippen LogP contribution in [0.15, 0.2) is 18.2 Å². The van der Waals surface area contributed by atoms with Crippen molar-refractivity contribution < 1.29 is 4.74 Å². The molecule has 1 aromatic heterocycles. The van der Waals surface area contributed by atoms with Gasteiger partial charge in [0.25, 0.3) is 0 Å². The van der Waals surface area contributed by atoms with Crippen molar-refractivity contribution in [3.63, 3.8) is 0 Å². The Labute approximate surface area is 115 Å². The first-order valence-corrected chi connectivity index (χ1v) is 6.97. The van der Waals surface area contributed by atoms with E-state index in [-0.39, 0.29) is 6.10 Å². The number of hydrogen-bond acceptors (Lipinski definition) is 2. The van der Waals surface area contributed by atoms with E-state index in [9.17, 15) is 0 Å². The van der Waals surface area contributed by atoms with Crippen LogP contribution in [0.1, 0.15) is 31.5 Å². The molecule has 2 aromatic rings. The molecule has 0 aliphatic carbocycles. The normalized spacial score (nSPS) is 12.9. The van der Waals surface area contributed by atoms with Crippen molar-refractivity contribution in [1.82, 2.24) is 9.88 Å². The SMILES string of the molecule is CC[C@@H](C)Oc1ccc2c(c1)c(CNC)c(C)n2C. The van der Waals surface area contributed by atoms with Gasteiger partial charge in [-0.3, -0.25) is 0 Å². The molecule has 0 fully saturated rings. The lowest BCUT2D eigenvalue weighted by atomic mass is 10.1. The maximum absolute atomic E-state index is 5.92. The van der Waals surface area contributed by atoms with E-state index in [1.165, 1.54) is 22.2 Å². The number of fused-ring (bicyclic) bond motifs is 1. The second kappa shape index (κ2) is 5.66. The summed E-state index contributed by atoms with van der Waals surface area (Å²) < 4.78 is 8.17. The Bertz CT molecular complexity index is 572. The van der Waals surface area contributed by atoms with Crippen LogP contribution in [0.5, 0.6) is 5.75 Å². The minimum Gasteiger partial charge on any atom is -0.491 e. The topological polar surface area (TPSA) is 26.2 Å². The van der Waals surface area contributed by atoms with Crippen LogP contribution in [0.2, 0.25) is 0 Å². The molecule has 19 heavy (non-hydrogen) atoms. The van der Waals surface area contributed by atoms with E-state index in [4.69, 9.17) is 4.74 Å². The monoisotopic (exact) mass is 260 g/mol. The van der Waals surface area contributed by atoms with E-state index in [0.717, 1.165) is 18.7 Å². The molecule has 1 aromatic carbocycles. The molecule has 0 spiro atoms. The summed E-state index contributed by atoms with van der Waals surface area (Å²) in [5.41, 5.74) is 3.93. The summed E-state index contributed by atoms with van der Waals surface area (Å²) in [6.07, 6.45) is 1.28. The number of nitrogens with zero attached hydrogens (tertiary/aromatic N) is 1. The fourth-order valence-corrected chi connectivity index (χ4v) is 2.42. The van der Waals surface area contributed by atoms with Crippen molar-refractivity contribution in [3.05, 3.63) is 29.5 Å². The predicted molar refractivity (Wildman–Crippen MR) is 80.8 cm³/mol. The smallest absolute Gasteiger partial charge is 0.120 e. The minimum atomic E-state index is 0.259. The first-order chi connectivity index (χ1) is 9.08. The van der Waals surface area contributed by atoms with Crippen molar-refractivity contribution >= 4 is 10.9 Å². The van der Waals surface area contributed by atoms with E-state index >= 15 is 0 Å². The number of hydrogen-bond donors (Lipinski definition) is 1. The average Bonchev–Trinajstić information content (AvgIpc) is 2.64. The molecule has 0 saturated heterocycles. The quantitative estimate of drug-likeness (QED) is 0.892. The van der Waals surface area contributed by atoms with Gasteiger partial charge in [-0.2, -0.15) is 0 Å². The van der Waals surface area contributed by atoms with Crippen molar-refractivity contribution in [2.24, 2.45) is 7.05 Å². The van der Waals surface area contributed by atoms with Crippen LogP contribution in [0.3, 0.4) is 0 Å². The lowest BCUT2D eigenvalue weighted by Gasteiger charge is -2.12. The Morgan fingerprint density at radius 2 is 2.11 bits per heavy atom. The van der Waals surface area contributed by atoms with Gasteiger partial charge in [-0.1, -0.05) is 6.92 Å². The Morgan fingerprint density at radius 1 is 1.37 bits per heavy atom. The lowest BCUT2D eigenvalue weighted by molar-refractivity contribution is 0.217. The van der Waals surface area contributed by atoms with E-state index in [1.54, 1.807) is 0 Å². The van der Waals surface area contributed by atoms with Crippen LogP contribution in [-0.4, -0.2) is 17.7 Å². The third kappa shape index (κ3) is 2.61. The number of rotatable bonds is 5. The van der Waals surface area contributed by atoms with Crippen LogP contribution < -0.4 is 10.1 Å². The Morgan fingerprint density at radius 3 is 2.74 bits per heavy atom. The molecule has 3 nitrogen and oxygen atoms in total. The molecule has 104 valence electrons. The lowest BCUT2D eigenvalue weighted by Crippen LogP contribution is -2.09. The van der Waals surface area contributed by atoms with Gasteiger partial charge < -0.3 is 14.6 Å². The van der Waals surface area contributed by atoms with Gasteiger partial charge in [0.2, 0.25) is 0 Å². The number of aromatic nitrogens is 1. The summed E-state index contributed by atoms with van der Waals surface area (Å²) >= 11 is 0. The van der Waals surface area contributed by atoms with Gasteiger partial charge in [0.15, 0.2) is 0 Å². The highest BCUT2D eigenvalue weighted by Gasteiger charge is 2.12. The zero-order chi connectivity index (χ0) is 14.0. The molecule has 2 rings (SSSR count). The molecule has 1 heterocycles. The molecule has 0 bridgehead atoms. The van der Waals surface area contributed by atoms with E-state index in [0.29, 0.717) is 0 Å². The van der Waals surface area contributed by atoms with E-state index in [1.807, 2.05) is 7.05 Å². The van der Waals surface area contributed by atoms with Crippen LogP contribution in [0, 0.1) is 6.92 Å². The van der Waals surface area contributed by atoms with Gasteiger partial charge in [0.1, 0.15) is 5.75 Å². The molecule has 0 unspecified atom stereocenters. The van der Waals surface area contributed by atoms with E-state index < -0.39 is 0 Å². The molecular weight excluding hydrogens is 236 g/mol. The summed E-state index contributed by atoms with van der Waals surface area (Å²) in [5, 5.41) is 4.53. The maximum Gasteiger partial charge on any atom is 0.120 e. The molecular formula is C16H24N2O. The van der Waals surface area contributed by atoms with E-state index in [2.05, 4.69) is 55.9 Å². The highest BCUT2D eigenvalue weighted by Crippen LogP contribution is 2.29. The first-order valence-electron chi connectivity index (χ1n) is 6.97. The molecule has 0 saturated carbocycles. The van der Waals surface area contributed by atoms with Crippen molar-refractivity contribution in [2.75, 3.05) is 7.05 Å². The van der Waals surface area contributed by atoms with Crippen molar-refractivity contribution in [1.29, 1.82) is 0 Å². The highest BCUT2D eigenvalue weighted by molar-refractivity contribution is 5.86. The summed E-state index contributed by atoms with van der Waals surface area (Å²) in [4.78, 5) is 0. The van der Waals surface area contributed by atoms with Gasteiger partial charge in [0, 0.05) is 30.2 Å². The highest BCUT2D eigenvalue weighted by atomic mass is 16.5. The van der Waals surface area contributed by atoms with Crippen molar-refractivity contribution in [2.45, 2.75) is 39.8 Å². The van der Waals surface area contributed by atoms with Crippen LogP contribution in [0.4, 0.5) is 0 Å². The molecule has 0 amide bonds. The Balaban J connectivity index is 2.48. The first kappa shape index (κ1) is 13.9. The largest absolute Gasteiger partial charge is 0.491 e. The molecule has 0 aliphatic rings. The summed E-state index contributed by atoms with van der Waals surface area (Å²) in [6.45, 7) is 7.30. The van der Waals surface area contributed by atoms with Crippen molar-refractivity contribution in [3.8, 4) is 5.75 Å². The third-order valence-electron chi connectivity index (χ3n) is 3.86. The van der Waals surface area contributed by atoms with Crippen LogP contribution in [0.25, 0.3) is 10.9 Å². The molecule has 1 atom stereocenters. The van der Waals surface area contributed by atoms with Gasteiger partial charge in [-0.05, 0) is 51.1 Å². The summed E-state index contributed by atoms with van der Waals surface area (Å²) in [5.74, 6) is 0.963. The molecule has 0 radical (unpaired) electrons. The second-order valence-corrected chi connectivity index (χ2v) is 5.17. The Hall–Kier alpha value is -1.48. The van der Waals surface area contributed by atoms with Crippen LogP contribution >= 0.6 is 0 Å². The number of benzene rings is 1. The molecule has 1 N–H and O–H groups in total. The average molecular weight is 260 g/mol. The fourth-order valence-electron chi connectivity index (χ4n) is 2.42. The number of ether oxygens (including phenoxy) is 1. The van der Waals surface area contributed by atoms with Crippen LogP contribution in [-0.2, 0) is 13.6 Å². The zero-order valence-corrected chi connectivity index (χ0v) is 12.6.